The highest BCUT2D eigenvalue weighted by Crippen LogP contribution is 2.47. The Bertz CT molecular complexity index is 214. The molecular weight excluding hydrogens is 152 g/mol. The van der Waals surface area contributed by atoms with E-state index >= 15 is 0 Å². The van der Waals surface area contributed by atoms with Crippen LogP contribution in [-0.4, -0.2) is 18.3 Å². The maximum Gasteiger partial charge on any atom is -0.0104 e. The van der Waals surface area contributed by atoms with Gasteiger partial charge in [0.25, 0.3) is 0 Å². The molecule has 0 saturated carbocycles. The molecule has 0 aliphatic rings. The molecule has 0 aromatic heterocycles. The Balaban J connectivity index is 2.93. The summed E-state index contributed by atoms with van der Waals surface area (Å²) in [6.07, 6.45) is 4.73. The van der Waals surface area contributed by atoms with Crippen LogP contribution >= 0.6 is 10.0 Å². The zero-order chi connectivity index (χ0) is 8.32. The molecule has 0 aliphatic carbocycles. The van der Waals surface area contributed by atoms with Crippen molar-refractivity contribution in [2.75, 3.05) is 18.3 Å². The van der Waals surface area contributed by atoms with E-state index in [1.165, 1.54) is 10.6 Å². The molecule has 0 bridgehead atoms. The van der Waals surface area contributed by atoms with Crippen molar-refractivity contribution in [2.45, 2.75) is 11.8 Å². The SMILES string of the molecule is CCS(C)(C)c1ccccc1. The zero-order valence-corrected chi connectivity index (χ0v) is 8.32. The number of hydrogen-bond acceptors (Lipinski definition) is 0. The fraction of sp³-hybridized carbons (Fsp3) is 0.400. The molecule has 0 nitrogen and oxygen atoms in total. The Hall–Kier alpha value is -0.430. The van der Waals surface area contributed by atoms with Gasteiger partial charge < -0.3 is 0 Å². The second kappa shape index (κ2) is 3.31. The summed E-state index contributed by atoms with van der Waals surface area (Å²) < 4.78 is 0. The van der Waals surface area contributed by atoms with Crippen molar-refractivity contribution in [3.63, 3.8) is 0 Å². The lowest BCUT2D eigenvalue weighted by molar-refractivity contribution is 1.38. The second-order valence-corrected chi connectivity index (χ2v) is 7.27. The normalized spacial score (nSPS) is 13.0. The van der Waals surface area contributed by atoms with Crippen molar-refractivity contribution in [3.8, 4) is 0 Å². The number of benzene rings is 1. The molecule has 0 spiro atoms. The highest BCUT2D eigenvalue weighted by Gasteiger charge is 2.09. The number of hydrogen-bond donors (Lipinski definition) is 0. The summed E-state index contributed by atoms with van der Waals surface area (Å²) in [5, 5.41) is 0. The van der Waals surface area contributed by atoms with Crippen LogP contribution in [0.1, 0.15) is 6.92 Å². The van der Waals surface area contributed by atoms with Gasteiger partial charge in [-0.3, -0.25) is 0 Å². The van der Waals surface area contributed by atoms with Crippen LogP contribution in [0.3, 0.4) is 0 Å². The van der Waals surface area contributed by atoms with Gasteiger partial charge in [-0.05, 0) is 23.2 Å². The van der Waals surface area contributed by atoms with Crippen LogP contribution in [0, 0.1) is 0 Å². The van der Waals surface area contributed by atoms with E-state index in [-0.39, 0.29) is 0 Å². The zero-order valence-electron chi connectivity index (χ0n) is 7.50. The van der Waals surface area contributed by atoms with E-state index in [1.807, 2.05) is 0 Å². The van der Waals surface area contributed by atoms with Crippen molar-refractivity contribution < 1.29 is 0 Å². The maximum absolute atomic E-state index is 2.36. The molecule has 11 heavy (non-hydrogen) atoms. The van der Waals surface area contributed by atoms with Gasteiger partial charge >= 0.3 is 0 Å². The van der Waals surface area contributed by atoms with Gasteiger partial charge in [-0.1, -0.05) is 37.3 Å². The van der Waals surface area contributed by atoms with Crippen LogP contribution in [0.25, 0.3) is 0 Å². The summed E-state index contributed by atoms with van der Waals surface area (Å²) >= 11 is 0. The fourth-order valence-corrected chi connectivity index (χ4v) is 2.18. The third kappa shape index (κ3) is 2.00. The smallest absolute Gasteiger partial charge is 0.0104 e. The Morgan fingerprint density at radius 3 is 2.09 bits per heavy atom. The quantitative estimate of drug-likeness (QED) is 0.636. The minimum atomic E-state index is -0.498. The van der Waals surface area contributed by atoms with Gasteiger partial charge in [0.15, 0.2) is 0 Å². The average Bonchev–Trinajstić information content (AvgIpc) is 2.06. The first-order chi connectivity index (χ1) is 5.17. The lowest BCUT2D eigenvalue weighted by atomic mass is 10.4. The first-order valence-electron chi connectivity index (χ1n) is 3.93. The third-order valence-corrected chi connectivity index (χ3v) is 5.09. The van der Waals surface area contributed by atoms with Gasteiger partial charge in [0.05, 0.1) is 0 Å². The fourth-order valence-electron chi connectivity index (χ4n) is 0.956. The summed E-state index contributed by atoms with van der Waals surface area (Å²) in [4.78, 5) is 1.52. The van der Waals surface area contributed by atoms with Crippen LogP contribution in [0.4, 0.5) is 0 Å². The van der Waals surface area contributed by atoms with E-state index in [9.17, 15) is 0 Å². The van der Waals surface area contributed by atoms with E-state index in [0.717, 1.165) is 0 Å². The van der Waals surface area contributed by atoms with Gasteiger partial charge in [-0.2, -0.15) is 0 Å². The van der Waals surface area contributed by atoms with E-state index < -0.39 is 10.0 Å². The first kappa shape index (κ1) is 8.66. The summed E-state index contributed by atoms with van der Waals surface area (Å²) in [5.41, 5.74) is 0. The molecule has 62 valence electrons. The summed E-state index contributed by atoms with van der Waals surface area (Å²) in [7, 11) is -0.498. The van der Waals surface area contributed by atoms with Gasteiger partial charge in [0, 0.05) is 0 Å². The van der Waals surface area contributed by atoms with Crippen molar-refractivity contribution in [1.29, 1.82) is 0 Å². The molecule has 1 rings (SSSR count). The van der Waals surface area contributed by atoms with E-state index in [4.69, 9.17) is 0 Å². The highest BCUT2D eigenvalue weighted by molar-refractivity contribution is 8.32. The monoisotopic (exact) mass is 168 g/mol. The molecule has 0 amide bonds. The lowest BCUT2D eigenvalue weighted by Gasteiger charge is -2.29. The predicted octanol–water partition coefficient (Wildman–Crippen LogP) is 3.13. The number of rotatable bonds is 2. The van der Waals surface area contributed by atoms with Crippen LogP contribution < -0.4 is 0 Å². The Kier molecular flexibility index (Phi) is 2.61. The molecule has 0 unspecified atom stereocenters. The molecule has 0 atom stereocenters. The topological polar surface area (TPSA) is 0 Å². The molecule has 0 fully saturated rings. The van der Waals surface area contributed by atoms with Crippen molar-refractivity contribution in [2.24, 2.45) is 0 Å². The summed E-state index contributed by atoms with van der Waals surface area (Å²) in [6.45, 7) is 2.27. The molecule has 1 aromatic carbocycles. The molecule has 0 aliphatic heterocycles. The van der Waals surface area contributed by atoms with Gasteiger partial charge in [0.2, 0.25) is 0 Å². The average molecular weight is 168 g/mol. The Morgan fingerprint density at radius 2 is 1.64 bits per heavy atom. The molecule has 0 N–H and O–H groups in total. The summed E-state index contributed by atoms with van der Waals surface area (Å²) in [5.74, 6) is 1.27. The Labute approximate surface area is 71.0 Å². The Morgan fingerprint density at radius 1 is 1.09 bits per heavy atom. The minimum Gasteiger partial charge on any atom is -0.221 e. The van der Waals surface area contributed by atoms with Crippen molar-refractivity contribution in [1.82, 2.24) is 0 Å². The van der Waals surface area contributed by atoms with E-state index in [2.05, 4.69) is 49.8 Å². The lowest BCUT2D eigenvalue weighted by Crippen LogP contribution is -1.97. The first-order valence-corrected chi connectivity index (χ1v) is 6.55. The molecule has 1 aromatic rings. The third-order valence-electron chi connectivity index (χ3n) is 2.10. The summed E-state index contributed by atoms with van der Waals surface area (Å²) in [6, 6.07) is 10.8. The molecular formula is C10H16S. The molecule has 0 saturated heterocycles. The van der Waals surface area contributed by atoms with Crippen LogP contribution in [0.2, 0.25) is 0 Å². The second-order valence-electron chi connectivity index (χ2n) is 3.14. The molecule has 0 heterocycles. The maximum atomic E-state index is 2.36. The predicted molar refractivity (Wildman–Crippen MR) is 54.7 cm³/mol. The van der Waals surface area contributed by atoms with Gasteiger partial charge in [-0.15, -0.1) is 0 Å². The van der Waals surface area contributed by atoms with E-state index in [1.54, 1.807) is 0 Å². The van der Waals surface area contributed by atoms with Crippen LogP contribution in [0.5, 0.6) is 0 Å². The standard InChI is InChI=1S/C10H16S/c1-4-11(2,3)10-8-6-5-7-9-10/h5-9H,4H2,1-3H3. The van der Waals surface area contributed by atoms with Gasteiger partial charge in [-0.25, -0.2) is 10.0 Å². The van der Waals surface area contributed by atoms with Gasteiger partial charge in [0.1, 0.15) is 0 Å². The molecule has 0 radical (unpaired) electrons. The van der Waals surface area contributed by atoms with E-state index in [0.29, 0.717) is 0 Å². The minimum absolute atomic E-state index is 0.498. The van der Waals surface area contributed by atoms with Crippen molar-refractivity contribution in [3.05, 3.63) is 30.3 Å². The van der Waals surface area contributed by atoms with Crippen LogP contribution in [0.15, 0.2) is 35.2 Å². The largest absolute Gasteiger partial charge is 0.221 e. The van der Waals surface area contributed by atoms with Crippen molar-refractivity contribution >= 4 is 10.0 Å². The van der Waals surface area contributed by atoms with Crippen LogP contribution in [-0.2, 0) is 0 Å². The molecule has 1 heteroatoms. The highest BCUT2D eigenvalue weighted by atomic mass is 32.3.